The summed E-state index contributed by atoms with van der Waals surface area (Å²) >= 11 is 0. The first-order chi connectivity index (χ1) is 14.8. The van der Waals surface area contributed by atoms with E-state index < -0.39 is 16.0 Å². The van der Waals surface area contributed by atoms with Crippen molar-refractivity contribution in [1.29, 1.82) is 0 Å². The van der Waals surface area contributed by atoms with E-state index in [4.69, 9.17) is 9.47 Å². The molecule has 0 atom stereocenters. The molecule has 0 aliphatic carbocycles. The lowest BCUT2D eigenvalue weighted by atomic mass is 10.0. The molecule has 0 unspecified atom stereocenters. The lowest BCUT2D eigenvalue weighted by Gasteiger charge is -2.16. The molecular formula is C22H22N2O6S. The number of hydrogen-bond donors (Lipinski definition) is 1. The molecule has 0 amide bonds. The van der Waals surface area contributed by atoms with Crippen molar-refractivity contribution in [2.24, 2.45) is 0 Å². The Hall–Kier alpha value is -3.17. The van der Waals surface area contributed by atoms with Crippen LogP contribution in [0.15, 0.2) is 47.4 Å². The second-order valence-electron chi connectivity index (χ2n) is 7.22. The van der Waals surface area contributed by atoms with E-state index in [2.05, 4.69) is 4.98 Å². The van der Waals surface area contributed by atoms with Crippen molar-refractivity contribution >= 4 is 26.9 Å². The first-order valence-corrected chi connectivity index (χ1v) is 11.2. The van der Waals surface area contributed by atoms with Crippen LogP contribution in [0, 0.1) is 0 Å². The lowest BCUT2D eigenvalue weighted by Crippen LogP contribution is -2.27. The van der Waals surface area contributed by atoms with Crippen molar-refractivity contribution in [2.45, 2.75) is 17.7 Å². The summed E-state index contributed by atoms with van der Waals surface area (Å²) < 4.78 is 37.8. The molecular weight excluding hydrogens is 420 g/mol. The molecule has 1 saturated heterocycles. The number of hydrogen-bond acceptors (Lipinski definition) is 6. The van der Waals surface area contributed by atoms with E-state index in [0.717, 1.165) is 12.8 Å². The average Bonchev–Trinajstić information content (AvgIpc) is 3.33. The summed E-state index contributed by atoms with van der Waals surface area (Å²) in [7, 11) is -0.625. The number of pyridine rings is 1. The highest BCUT2D eigenvalue weighted by Crippen LogP contribution is 2.34. The molecule has 0 radical (unpaired) electrons. The number of carboxylic acid groups (broad SMARTS) is 1. The number of rotatable bonds is 6. The van der Waals surface area contributed by atoms with Gasteiger partial charge in [0.05, 0.1) is 35.9 Å². The standard InChI is InChI=1S/C22H22N2O6S/c1-29-20-8-5-14(11-21(20)30-2)19-13-17(22(25)26)16-12-15(6-7-18(16)23-19)31(27,28)24-9-3-4-10-24/h5-8,11-13H,3-4,9-10H2,1-2H3,(H,25,26). The van der Waals surface area contributed by atoms with Crippen LogP contribution in [0.1, 0.15) is 23.2 Å². The maximum atomic E-state index is 12.9. The molecule has 1 fully saturated rings. The molecule has 162 valence electrons. The zero-order valence-corrected chi connectivity index (χ0v) is 18.0. The largest absolute Gasteiger partial charge is 0.493 e. The summed E-state index contributed by atoms with van der Waals surface area (Å²) in [6.45, 7) is 0.950. The quantitative estimate of drug-likeness (QED) is 0.624. The van der Waals surface area contributed by atoms with Gasteiger partial charge in [-0.3, -0.25) is 0 Å². The number of ether oxygens (including phenoxy) is 2. The zero-order chi connectivity index (χ0) is 22.2. The van der Waals surface area contributed by atoms with Gasteiger partial charge in [0, 0.05) is 24.0 Å². The summed E-state index contributed by atoms with van der Waals surface area (Å²) in [6.07, 6.45) is 1.65. The second-order valence-corrected chi connectivity index (χ2v) is 9.16. The number of methoxy groups -OCH3 is 2. The minimum absolute atomic E-state index is 0.0201. The van der Waals surface area contributed by atoms with Crippen molar-refractivity contribution in [3.8, 4) is 22.8 Å². The van der Waals surface area contributed by atoms with Gasteiger partial charge in [-0.1, -0.05) is 0 Å². The minimum Gasteiger partial charge on any atom is -0.493 e. The summed E-state index contributed by atoms with van der Waals surface area (Å²) in [5.41, 5.74) is 1.45. The molecule has 0 bridgehead atoms. The number of carboxylic acids is 1. The number of benzene rings is 2. The van der Waals surface area contributed by atoms with Gasteiger partial charge < -0.3 is 14.6 Å². The Labute approximate surface area is 180 Å². The minimum atomic E-state index is -3.67. The van der Waals surface area contributed by atoms with Crippen molar-refractivity contribution in [1.82, 2.24) is 9.29 Å². The van der Waals surface area contributed by atoms with E-state index in [-0.39, 0.29) is 15.8 Å². The van der Waals surface area contributed by atoms with Gasteiger partial charge >= 0.3 is 5.97 Å². The van der Waals surface area contributed by atoms with E-state index in [1.807, 2.05) is 0 Å². The van der Waals surface area contributed by atoms with Crippen LogP contribution in [-0.4, -0.2) is 56.1 Å². The Bertz CT molecular complexity index is 1270. The highest BCUT2D eigenvalue weighted by atomic mass is 32.2. The molecule has 0 spiro atoms. The van der Waals surface area contributed by atoms with Crippen LogP contribution in [-0.2, 0) is 10.0 Å². The Morgan fingerprint density at radius 3 is 2.35 bits per heavy atom. The van der Waals surface area contributed by atoms with Gasteiger partial charge in [0.15, 0.2) is 11.5 Å². The highest BCUT2D eigenvalue weighted by molar-refractivity contribution is 7.89. The zero-order valence-electron chi connectivity index (χ0n) is 17.2. The van der Waals surface area contributed by atoms with Gasteiger partial charge in [0.1, 0.15) is 0 Å². The fraction of sp³-hybridized carbons (Fsp3) is 0.273. The molecule has 2 aromatic carbocycles. The number of sulfonamides is 1. The van der Waals surface area contributed by atoms with E-state index >= 15 is 0 Å². The maximum Gasteiger partial charge on any atom is 0.336 e. The normalized spacial score (nSPS) is 14.6. The van der Waals surface area contributed by atoms with Gasteiger partial charge in [-0.05, 0) is 55.3 Å². The number of aromatic carboxylic acids is 1. The van der Waals surface area contributed by atoms with Crippen molar-refractivity contribution in [3.05, 3.63) is 48.0 Å². The van der Waals surface area contributed by atoms with Crippen LogP contribution in [0.2, 0.25) is 0 Å². The van der Waals surface area contributed by atoms with Gasteiger partial charge in [0.25, 0.3) is 0 Å². The summed E-state index contributed by atoms with van der Waals surface area (Å²) in [6, 6.07) is 11.1. The monoisotopic (exact) mass is 442 g/mol. The fourth-order valence-corrected chi connectivity index (χ4v) is 5.31. The predicted molar refractivity (Wildman–Crippen MR) is 115 cm³/mol. The topological polar surface area (TPSA) is 106 Å². The SMILES string of the molecule is COc1ccc(-c2cc(C(=O)O)c3cc(S(=O)(=O)N4CCCC4)ccc3n2)cc1OC. The molecule has 0 saturated carbocycles. The Kier molecular flexibility index (Phi) is 5.55. The van der Waals surface area contributed by atoms with E-state index in [0.29, 0.717) is 41.4 Å². The van der Waals surface area contributed by atoms with Crippen molar-refractivity contribution in [2.75, 3.05) is 27.3 Å². The van der Waals surface area contributed by atoms with E-state index in [1.54, 1.807) is 24.3 Å². The fourth-order valence-electron chi connectivity index (χ4n) is 3.76. The predicted octanol–water partition coefficient (Wildman–Crippen LogP) is 3.40. The smallest absolute Gasteiger partial charge is 0.336 e. The van der Waals surface area contributed by atoms with Crippen LogP contribution < -0.4 is 9.47 Å². The van der Waals surface area contributed by atoms with Gasteiger partial charge in [-0.2, -0.15) is 4.31 Å². The molecule has 9 heteroatoms. The van der Waals surface area contributed by atoms with Crippen LogP contribution in [0.3, 0.4) is 0 Å². The molecule has 4 rings (SSSR count). The second kappa shape index (κ2) is 8.16. The lowest BCUT2D eigenvalue weighted by molar-refractivity contribution is 0.0699. The van der Waals surface area contributed by atoms with Gasteiger partial charge in [-0.25, -0.2) is 18.2 Å². The van der Waals surface area contributed by atoms with Crippen LogP contribution >= 0.6 is 0 Å². The first kappa shape index (κ1) is 21.1. The third-order valence-corrected chi connectivity index (χ3v) is 7.29. The molecule has 8 nitrogen and oxygen atoms in total. The third-order valence-electron chi connectivity index (χ3n) is 5.39. The van der Waals surface area contributed by atoms with Crippen molar-refractivity contribution < 1.29 is 27.8 Å². The van der Waals surface area contributed by atoms with Crippen LogP contribution in [0.4, 0.5) is 0 Å². The molecule has 1 aliphatic rings. The average molecular weight is 442 g/mol. The van der Waals surface area contributed by atoms with Crippen LogP contribution in [0.5, 0.6) is 11.5 Å². The molecule has 1 aliphatic heterocycles. The van der Waals surface area contributed by atoms with E-state index in [1.165, 1.54) is 36.7 Å². The number of aromatic nitrogens is 1. The maximum absolute atomic E-state index is 12.9. The number of carbonyl (C=O) groups is 1. The molecule has 1 aromatic heterocycles. The third kappa shape index (κ3) is 3.82. The summed E-state index contributed by atoms with van der Waals surface area (Å²) in [5, 5.41) is 10.1. The molecule has 2 heterocycles. The number of fused-ring (bicyclic) bond motifs is 1. The first-order valence-electron chi connectivity index (χ1n) is 9.76. The van der Waals surface area contributed by atoms with Gasteiger partial charge in [-0.15, -0.1) is 0 Å². The van der Waals surface area contributed by atoms with E-state index in [9.17, 15) is 18.3 Å². The molecule has 31 heavy (non-hydrogen) atoms. The highest BCUT2D eigenvalue weighted by Gasteiger charge is 2.28. The van der Waals surface area contributed by atoms with Gasteiger partial charge in [0.2, 0.25) is 10.0 Å². The Morgan fingerprint density at radius 1 is 1.00 bits per heavy atom. The van der Waals surface area contributed by atoms with Crippen LogP contribution in [0.25, 0.3) is 22.2 Å². The van der Waals surface area contributed by atoms with Crippen molar-refractivity contribution in [3.63, 3.8) is 0 Å². The molecule has 1 N–H and O–H groups in total. The Balaban J connectivity index is 1.86. The summed E-state index contributed by atoms with van der Waals surface area (Å²) in [5.74, 6) is -0.127. The summed E-state index contributed by atoms with van der Waals surface area (Å²) in [4.78, 5) is 16.7. The Morgan fingerprint density at radius 2 is 1.71 bits per heavy atom. The molecule has 3 aromatic rings. The number of nitrogens with zero attached hydrogens (tertiary/aromatic N) is 2.